The van der Waals surface area contributed by atoms with Crippen LogP contribution in [0.2, 0.25) is 0 Å². The molecule has 0 aliphatic rings. The number of rotatable bonds is 4. The molecule has 23 heavy (non-hydrogen) atoms. The molecule has 0 fully saturated rings. The number of hydrogen-bond acceptors (Lipinski definition) is 4. The van der Waals surface area contributed by atoms with Crippen LogP contribution >= 0.6 is 0 Å². The van der Waals surface area contributed by atoms with Crippen molar-refractivity contribution in [1.82, 2.24) is 9.78 Å². The minimum atomic E-state index is -0.365. The van der Waals surface area contributed by atoms with Gasteiger partial charge in [0.2, 0.25) is 0 Å². The molecule has 116 valence electrons. The van der Waals surface area contributed by atoms with Gasteiger partial charge < -0.3 is 9.73 Å². The lowest BCUT2D eigenvalue weighted by atomic mass is 10.1. The van der Waals surface area contributed by atoms with Crippen LogP contribution in [-0.2, 0) is 7.05 Å². The van der Waals surface area contributed by atoms with Crippen LogP contribution in [0.5, 0.6) is 0 Å². The van der Waals surface area contributed by atoms with Gasteiger partial charge in [0.05, 0.1) is 0 Å². The Morgan fingerprint density at radius 2 is 1.83 bits per heavy atom. The highest BCUT2D eigenvalue weighted by molar-refractivity contribution is 6.02. The van der Waals surface area contributed by atoms with E-state index in [1.54, 1.807) is 60.4 Å². The van der Waals surface area contributed by atoms with Crippen LogP contribution in [0.3, 0.4) is 0 Å². The number of nitrogens with one attached hydrogen (secondary N) is 1. The van der Waals surface area contributed by atoms with Crippen LogP contribution < -0.4 is 5.32 Å². The van der Waals surface area contributed by atoms with Gasteiger partial charge in [-0.25, -0.2) is 0 Å². The Morgan fingerprint density at radius 1 is 1.09 bits per heavy atom. The molecule has 2 aromatic heterocycles. The van der Waals surface area contributed by atoms with Gasteiger partial charge in [-0.05, 0) is 19.1 Å². The molecule has 3 rings (SSSR count). The third-order valence-corrected chi connectivity index (χ3v) is 3.36. The molecule has 0 atom stereocenters. The molecule has 2 heterocycles. The molecule has 1 N–H and O–H groups in total. The third kappa shape index (κ3) is 3.21. The number of aryl methyl sites for hydroxylation is 1. The second-order valence-electron chi connectivity index (χ2n) is 5.13. The van der Waals surface area contributed by atoms with Crippen LogP contribution in [0.1, 0.15) is 27.8 Å². The number of furan rings is 1. The normalized spacial score (nSPS) is 10.5. The Hall–Kier alpha value is -3.15. The fraction of sp³-hybridized carbons (Fsp3) is 0.118. The van der Waals surface area contributed by atoms with Crippen LogP contribution in [0.4, 0.5) is 5.82 Å². The van der Waals surface area contributed by atoms with E-state index in [2.05, 4.69) is 10.4 Å². The summed E-state index contributed by atoms with van der Waals surface area (Å²) in [5, 5.41) is 6.74. The van der Waals surface area contributed by atoms with Gasteiger partial charge in [0.25, 0.3) is 5.91 Å². The summed E-state index contributed by atoms with van der Waals surface area (Å²) in [6.45, 7) is 1.52. The van der Waals surface area contributed by atoms with Crippen LogP contribution in [-0.4, -0.2) is 21.5 Å². The Balaban J connectivity index is 1.77. The number of aromatic nitrogens is 2. The van der Waals surface area contributed by atoms with Crippen molar-refractivity contribution in [3.8, 4) is 11.3 Å². The van der Waals surface area contributed by atoms with Crippen molar-refractivity contribution in [3.05, 3.63) is 60.0 Å². The standard InChI is InChI=1S/C17H15N3O3/c1-11(21)12-3-5-13(6-4-12)14-7-8-15(23-14)17(22)18-16-9-10-20(2)19-16/h3-10H,1-2H3,(H,18,19,22). The SMILES string of the molecule is CC(=O)c1ccc(-c2ccc(C(=O)Nc3ccn(C)n3)o2)cc1. The summed E-state index contributed by atoms with van der Waals surface area (Å²) in [5.41, 5.74) is 1.43. The molecule has 3 aromatic rings. The van der Waals surface area contributed by atoms with Gasteiger partial charge in [0.1, 0.15) is 5.76 Å². The summed E-state index contributed by atoms with van der Waals surface area (Å²) in [5.74, 6) is 0.857. The summed E-state index contributed by atoms with van der Waals surface area (Å²) in [7, 11) is 1.77. The molecule has 0 aliphatic carbocycles. The Bertz CT molecular complexity index is 859. The zero-order valence-corrected chi connectivity index (χ0v) is 12.7. The average Bonchev–Trinajstić information content (AvgIpc) is 3.16. The lowest BCUT2D eigenvalue weighted by molar-refractivity contribution is 0.0994. The summed E-state index contributed by atoms with van der Waals surface area (Å²) >= 11 is 0. The van der Waals surface area contributed by atoms with Crippen LogP contribution in [0.15, 0.2) is 53.1 Å². The number of carbonyl (C=O) groups is 2. The predicted octanol–water partition coefficient (Wildman–Crippen LogP) is 3.14. The number of hydrogen-bond donors (Lipinski definition) is 1. The smallest absolute Gasteiger partial charge is 0.292 e. The van der Waals surface area contributed by atoms with Crippen molar-refractivity contribution in [3.63, 3.8) is 0 Å². The summed E-state index contributed by atoms with van der Waals surface area (Å²) < 4.78 is 7.18. The van der Waals surface area contributed by atoms with E-state index in [9.17, 15) is 9.59 Å². The number of carbonyl (C=O) groups excluding carboxylic acids is 2. The summed E-state index contributed by atoms with van der Waals surface area (Å²) in [6, 6.07) is 12.1. The van der Waals surface area contributed by atoms with Crippen molar-refractivity contribution >= 4 is 17.5 Å². The van der Waals surface area contributed by atoms with Gasteiger partial charge >= 0.3 is 0 Å². The molecular weight excluding hydrogens is 294 g/mol. The van der Waals surface area contributed by atoms with E-state index >= 15 is 0 Å². The molecule has 0 bridgehead atoms. The molecule has 0 spiro atoms. The van der Waals surface area contributed by atoms with Gasteiger partial charge in [0, 0.05) is 30.4 Å². The number of amides is 1. The number of Topliss-reactive ketones (excluding diaryl/α,β-unsaturated/α-hetero) is 1. The topological polar surface area (TPSA) is 77.1 Å². The predicted molar refractivity (Wildman–Crippen MR) is 85.3 cm³/mol. The minimum Gasteiger partial charge on any atom is -0.451 e. The lowest BCUT2D eigenvalue weighted by Gasteiger charge is -2.00. The molecule has 0 unspecified atom stereocenters. The second kappa shape index (κ2) is 5.92. The fourth-order valence-corrected chi connectivity index (χ4v) is 2.14. The highest BCUT2D eigenvalue weighted by Crippen LogP contribution is 2.23. The van der Waals surface area contributed by atoms with E-state index < -0.39 is 0 Å². The molecule has 0 saturated carbocycles. The quantitative estimate of drug-likeness (QED) is 0.751. The third-order valence-electron chi connectivity index (χ3n) is 3.36. The zero-order valence-electron chi connectivity index (χ0n) is 12.7. The molecular formula is C17H15N3O3. The molecule has 6 heteroatoms. The van der Waals surface area contributed by atoms with Gasteiger partial charge in [-0.1, -0.05) is 24.3 Å². The van der Waals surface area contributed by atoms with E-state index in [-0.39, 0.29) is 17.5 Å². The Morgan fingerprint density at radius 3 is 2.43 bits per heavy atom. The Kier molecular flexibility index (Phi) is 3.80. The van der Waals surface area contributed by atoms with Crippen molar-refractivity contribution in [2.45, 2.75) is 6.92 Å². The van der Waals surface area contributed by atoms with Crippen molar-refractivity contribution in [1.29, 1.82) is 0 Å². The van der Waals surface area contributed by atoms with Gasteiger partial charge in [0.15, 0.2) is 17.4 Å². The highest BCUT2D eigenvalue weighted by atomic mass is 16.3. The minimum absolute atomic E-state index is 0.00595. The van der Waals surface area contributed by atoms with E-state index in [0.717, 1.165) is 5.56 Å². The van der Waals surface area contributed by atoms with Gasteiger partial charge in [-0.15, -0.1) is 0 Å². The molecule has 1 aromatic carbocycles. The first kappa shape index (κ1) is 14.8. The highest BCUT2D eigenvalue weighted by Gasteiger charge is 2.13. The zero-order chi connectivity index (χ0) is 16.4. The monoisotopic (exact) mass is 309 g/mol. The number of benzene rings is 1. The van der Waals surface area contributed by atoms with Crippen molar-refractivity contribution in [2.75, 3.05) is 5.32 Å². The molecule has 0 saturated heterocycles. The van der Waals surface area contributed by atoms with E-state index in [1.807, 2.05) is 0 Å². The fourth-order valence-electron chi connectivity index (χ4n) is 2.14. The molecule has 6 nitrogen and oxygen atoms in total. The second-order valence-corrected chi connectivity index (χ2v) is 5.13. The molecule has 1 amide bonds. The first-order chi connectivity index (χ1) is 11.0. The summed E-state index contributed by atoms with van der Waals surface area (Å²) in [4.78, 5) is 23.4. The van der Waals surface area contributed by atoms with E-state index in [4.69, 9.17) is 4.42 Å². The number of anilines is 1. The molecule has 0 aliphatic heterocycles. The lowest BCUT2D eigenvalue weighted by Crippen LogP contribution is -2.11. The molecule has 0 radical (unpaired) electrons. The maximum atomic E-state index is 12.1. The first-order valence-electron chi connectivity index (χ1n) is 7.05. The largest absolute Gasteiger partial charge is 0.451 e. The number of nitrogens with zero attached hydrogens (tertiary/aromatic N) is 2. The maximum Gasteiger partial charge on any atom is 0.292 e. The maximum absolute atomic E-state index is 12.1. The first-order valence-corrected chi connectivity index (χ1v) is 7.05. The van der Waals surface area contributed by atoms with Gasteiger partial charge in [-0.2, -0.15) is 5.10 Å². The Labute approximate surface area is 132 Å². The van der Waals surface area contributed by atoms with Crippen LogP contribution in [0.25, 0.3) is 11.3 Å². The van der Waals surface area contributed by atoms with Crippen LogP contribution in [0, 0.1) is 0 Å². The average molecular weight is 309 g/mol. The van der Waals surface area contributed by atoms with E-state index in [1.165, 1.54) is 6.92 Å². The summed E-state index contributed by atoms with van der Waals surface area (Å²) in [6.07, 6.45) is 1.74. The van der Waals surface area contributed by atoms with Gasteiger partial charge in [-0.3, -0.25) is 14.3 Å². The van der Waals surface area contributed by atoms with E-state index in [0.29, 0.717) is 17.1 Å². The van der Waals surface area contributed by atoms with Crippen molar-refractivity contribution < 1.29 is 14.0 Å². The van der Waals surface area contributed by atoms with Crippen molar-refractivity contribution in [2.24, 2.45) is 7.05 Å². The number of ketones is 1.